The van der Waals surface area contributed by atoms with Crippen molar-refractivity contribution in [3.63, 3.8) is 0 Å². The number of benzene rings is 1. The molecule has 0 bridgehead atoms. The molecule has 0 unspecified atom stereocenters. The molecular weight excluding hydrogens is 388 g/mol. The van der Waals surface area contributed by atoms with Gasteiger partial charge >= 0.3 is 5.97 Å². The molecule has 2 N–H and O–H groups in total. The fraction of sp³-hybridized carbons (Fsp3) is 0.409. The molecule has 0 saturated carbocycles. The van der Waals surface area contributed by atoms with Crippen LogP contribution in [0, 0.1) is 13.8 Å². The van der Waals surface area contributed by atoms with Gasteiger partial charge in [0.2, 0.25) is 5.91 Å². The van der Waals surface area contributed by atoms with E-state index in [1.807, 2.05) is 38.1 Å². The molecule has 1 aliphatic carbocycles. The summed E-state index contributed by atoms with van der Waals surface area (Å²) in [6.07, 6.45) is 5.51. The summed E-state index contributed by atoms with van der Waals surface area (Å²) in [7, 11) is 0. The molecule has 29 heavy (non-hydrogen) atoms. The molecule has 0 spiro atoms. The molecule has 0 aliphatic heterocycles. The first-order valence-electron chi connectivity index (χ1n) is 9.85. The first-order chi connectivity index (χ1) is 13.9. The van der Waals surface area contributed by atoms with Gasteiger partial charge < -0.3 is 15.4 Å². The number of para-hydroxylation sites is 1. The lowest BCUT2D eigenvalue weighted by atomic mass is 10.1. The summed E-state index contributed by atoms with van der Waals surface area (Å²) in [6.45, 7) is 3.23. The Balaban J connectivity index is 1.44. The lowest BCUT2D eigenvalue weighted by molar-refractivity contribution is -0.126. The van der Waals surface area contributed by atoms with Gasteiger partial charge in [-0.1, -0.05) is 24.6 Å². The number of anilines is 1. The molecule has 1 aromatic carbocycles. The van der Waals surface area contributed by atoms with Crippen molar-refractivity contribution in [3.05, 3.63) is 50.7 Å². The number of amides is 2. The number of fused-ring (bicyclic) bond motifs is 1. The zero-order valence-corrected chi connectivity index (χ0v) is 17.6. The standard InChI is InChI=1S/C22H26N2O4S/c1-14-7-6-8-15(2)21(14)24-19(25)12-23-20(26)13-28-22(27)18-11-16-9-4-3-5-10-17(16)29-18/h6-8,11H,3-5,9-10,12-13H2,1-2H3,(H,23,26)(H,24,25). The van der Waals surface area contributed by atoms with Crippen LogP contribution in [0.25, 0.3) is 0 Å². The monoisotopic (exact) mass is 414 g/mol. The van der Waals surface area contributed by atoms with Gasteiger partial charge in [-0.3, -0.25) is 9.59 Å². The predicted molar refractivity (Wildman–Crippen MR) is 113 cm³/mol. The number of hydrogen-bond donors (Lipinski definition) is 2. The minimum Gasteiger partial charge on any atom is -0.451 e. The van der Waals surface area contributed by atoms with Crippen molar-refractivity contribution >= 4 is 34.8 Å². The number of hydrogen-bond acceptors (Lipinski definition) is 5. The fourth-order valence-electron chi connectivity index (χ4n) is 3.40. The van der Waals surface area contributed by atoms with E-state index >= 15 is 0 Å². The molecular formula is C22H26N2O4S. The third kappa shape index (κ3) is 5.67. The van der Waals surface area contributed by atoms with Crippen LogP contribution in [0.1, 0.15) is 50.5 Å². The SMILES string of the molecule is Cc1cccc(C)c1NC(=O)CNC(=O)COC(=O)c1cc2c(s1)CCCCC2. The van der Waals surface area contributed by atoms with E-state index in [2.05, 4.69) is 10.6 Å². The maximum atomic E-state index is 12.2. The van der Waals surface area contributed by atoms with Crippen LogP contribution in [0.2, 0.25) is 0 Å². The van der Waals surface area contributed by atoms with Gasteiger partial charge in [0.15, 0.2) is 6.61 Å². The van der Waals surface area contributed by atoms with Gasteiger partial charge in [0.1, 0.15) is 4.88 Å². The van der Waals surface area contributed by atoms with Crippen LogP contribution in [-0.4, -0.2) is 30.9 Å². The van der Waals surface area contributed by atoms with Crippen molar-refractivity contribution in [1.29, 1.82) is 0 Å². The molecule has 0 atom stereocenters. The summed E-state index contributed by atoms with van der Waals surface area (Å²) in [5.41, 5.74) is 3.88. The number of nitrogens with one attached hydrogen (secondary N) is 2. The number of thiophene rings is 1. The number of carbonyl (C=O) groups is 3. The van der Waals surface area contributed by atoms with Crippen LogP contribution in [-0.2, 0) is 27.2 Å². The lowest BCUT2D eigenvalue weighted by Gasteiger charge is -2.12. The third-order valence-electron chi connectivity index (χ3n) is 4.97. The van der Waals surface area contributed by atoms with Crippen LogP contribution in [0.3, 0.4) is 0 Å². The minimum absolute atomic E-state index is 0.183. The Morgan fingerprint density at radius 1 is 1.03 bits per heavy atom. The third-order valence-corrected chi connectivity index (χ3v) is 6.19. The van der Waals surface area contributed by atoms with E-state index in [9.17, 15) is 14.4 Å². The smallest absolute Gasteiger partial charge is 0.348 e. The molecule has 0 saturated heterocycles. The normalized spacial score (nSPS) is 13.2. The first kappa shape index (κ1) is 21.0. The van der Waals surface area contributed by atoms with Crippen LogP contribution >= 0.6 is 11.3 Å². The Hall–Kier alpha value is -2.67. The van der Waals surface area contributed by atoms with E-state index in [1.165, 1.54) is 28.2 Å². The lowest BCUT2D eigenvalue weighted by Crippen LogP contribution is -2.35. The summed E-state index contributed by atoms with van der Waals surface area (Å²) in [4.78, 5) is 38.1. The molecule has 1 heterocycles. The Morgan fingerprint density at radius 3 is 2.52 bits per heavy atom. The molecule has 6 nitrogen and oxygen atoms in total. The van der Waals surface area contributed by atoms with Crippen LogP contribution in [0.5, 0.6) is 0 Å². The zero-order chi connectivity index (χ0) is 20.8. The van der Waals surface area contributed by atoms with Gasteiger partial charge in [0.25, 0.3) is 5.91 Å². The summed E-state index contributed by atoms with van der Waals surface area (Å²) >= 11 is 1.46. The largest absolute Gasteiger partial charge is 0.451 e. The Labute approximate surface area is 174 Å². The minimum atomic E-state index is -0.506. The van der Waals surface area contributed by atoms with Crippen LogP contribution in [0.4, 0.5) is 5.69 Å². The second kappa shape index (κ2) is 9.69. The summed E-state index contributed by atoms with van der Waals surface area (Å²) in [5.74, 6) is -1.32. The second-order valence-electron chi connectivity index (χ2n) is 7.29. The molecule has 1 aromatic heterocycles. The van der Waals surface area contributed by atoms with Gasteiger partial charge in [-0.2, -0.15) is 0 Å². The fourth-order valence-corrected chi connectivity index (χ4v) is 4.54. The molecule has 0 radical (unpaired) electrons. The van der Waals surface area contributed by atoms with E-state index in [-0.39, 0.29) is 12.5 Å². The van der Waals surface area contributed by atoms with Crippen LogP contribution in [0.15, 0.2) is 24.3 Å². The summed E-state index contributed by atoms with van der Waals surface area (Å²) < 4.78 is 5.12. The molecule has 7 heteroatoms. The van der Waals surface area contributed by atoms with Gasteiger partial charge in [0, 0.05) is 10.6 Å². The Morgan fingerprint density at radius 2 is 1.76 bits per heavy atom. The first-order valence-corrected chi connectivity index (χ1v) is 10.7. The van der Waals surface area contributed by atoms with Crippen LogP contribution < -0.4 is 10.6 Å². The predicted octanol–water partition coefficient (Wildman–Crippen LogP) is 3.55. The molecule has 2 aromatic rings. The maximum Gasteiger partial charge on any atom is 0.348 e. The summed E-state index contributed by atoms with van der Waals surface area (Å²) in [5, 5.41) is 5.28. The maximum absolute atomic E-state index is 12.2. The quantitative estimate of drug-likeness (QED) is 0.559. The topological polar surface area (TPSA) is 84.5 Å². The Kier molecular flexibility index (Phi) is 7.04. The van der Waals surface area contributed by atoms with Crippen molar-refractivity contribution in [2.24, 2.45) is 0 Å². The van der Waals surface area contributed by atoms with Gasteiger partial charge in [-0.05, 0) is 62.3 Å². The van der Waals surface area contributed by atoms with Crippen molar-refractivity contribution < 1.29 is 19.1 Å². The van der Waals surface area contributed by atoms with Gasteiger partial charge in [0.05, 0.1) is 6.54 Å². The number of carbonyl (C=O) groups excluding carboxylic acids is 3. The number of esters is 1. The van der Waals surface area contributed by atoms with Gasteiger partial charge in [-0.15, -0.1) is 11.3 Å². The van der Waals surface area contributed by atoms with Crippen molar-refractivity contribution in [1.82, 2.24) is 5.32 Å². The summed E-state index contributed by atoms with van der Waals surface area (Å²) in [6, 6.07) is 7.63. The van der Waals surface area contributed by atoms with Crippen molar-refractivity contribution in [2.75, 3.05) is 18.5 Å². The van der Waals surface area contributed by atoms with Crippen molar-refractivity contribution in [2.45, 2.75) is 46.0 Å². The Bertz CT molecular complexity index is 876. The van der Waals surface area contributed by atoms with E-state index in [4.69, 9.17) is 4.74 Å². The van der Waals surface area contributed by atoms with E-state index in [0.717, 1.165) is 42.5 Å². The molecule has 154 valence electrons. The second-order valence-corrected chi connectivity index (χ2v) is 8.42. The molecule has 0 fully saturated rings. The number of rotatable bonds is 6. The number of ether oxygens (including phenoxy) is 1. The highest BCUT2D eigenvalue weighted by molar-refractivity contribution is 7.14. The van der Waals surface area contributed by atoms with Crippen molar-refractivity contribution in [3.8, 4) is 0 Å². The van der Waals surface area contributed by atoms with E-state index in [1.54, 1.807) is 0 Å². The van der Waals surface area contributed by atoms with Gasteiger partial charge in [-0.25, -0.2) is 4.79 Å². The highest BCUT2D eigenvalue weighted by Crippen LogP contribution is 2.29. The molecule has 3 rings (SSSR count). The molecule has 1 aliphatic rings. The highest BCUT2D eigenvalue weighted by atomic mass is 32.1. The van der Waals surface area contributed by atoms with E-state index in [0.29, 0.717) is 4.88 Å². The highest BCUT2D eigenvalue weighted by Gasteiger charge is 2.18. The number of aryl methyl sites for hydroxylation is 4. The van der Waals surface area contributed by atoms with E-state index < -0.39 is 18.5 Å². The average molecular weight is 415 g/mol. The zero-order valence-electron chi connectivity index (χ0n) is 16.8. The molecule has 2 amide bonds. The average Bonchev–Trinajstić information content (AvgIpc) is 2.98.